The number of benzene rings is 1. The van der Waals surface area contributed by atoms with E-state index in [1.54, 1.807) is 11.6 Å². The first-order valence-corrected chi connectivity index (χ1v) is 10.5. The third-order valence-electron chi connectivity index (χ3n) is 4.77. The summed E-state index contributed by atoms with van der Waals surface area (Å²) in [6.07, 6.45) is -2.71. The van der Waals surface area contributed by atoms with Gasteiger partial charge in [0.2, 0.25) is 0 Å². The summed E-state index contributed by atoms with van der Waals surface area (Å²) in [6, 6.07) is 8.68. The zero-order chi connectivity index (χ0) is 21.8. The van der Waals surface area contributed by atoms with E-state index in [9.17, 15) is 18.0 Å². The molecule has 0 bridgehead atoms. The molecule has 1 aliphatic heterocycles. The van der Waals surface area contributed by atoms with E-state index in [0.29, 0.717) is 23.8 Å². The molecule has 0 saturated carbocycles. The van der Waals surface area contributed by atoms with Crippen molar-refractivity contribution in [3.63, 3.8) is 0 Å². The average Bonchev–Trinajstić information content (AvgIpc) is 3.28. The van der Waals surface area contributed by atoms with E-state index < -0.39 is 17.6 Å². The third-order valence-corrected chi connectivity index (χ3v) is 5.67. The fraction of sp³-hybridized carbons (Fsp3) is 0.286. The maximum Gasteiger partial charge on any atom is 0.416 e. The van der Waals surface area contributed by atoms with E-state index in [-0.39, 0.29) is 12.2 Å². The largest absolute Gasteiger partial charge is 0.416 e. The number of alkyl halides is 3. The number of aromatic nitrogens is 2. The minimum Gasteiger partial charge on any atom is -0.378 e. The van der Waals surface area contributed by atoms with Crippen molar-refractivity contribution < 1.29 is 22.7 Å². The molecule has 162 valence electrons. The Hall–Kier alpha value is -2.98. The molecule has 3 aromatic rings. The van der Waals surface area contributed by atoms with E-state index >= 15 is 0 Å². The highest BCUT2D eigenvalue weighted by molar-refractivity contribution is 7.13. The first-order chi connectivity index (χ1) is 14.9. The normalized spacial score (nSPS) is 14.5. The molecule has 0 unspecified atom stereocenters. The van der Waals surface area contributed by atoms with E-state index in [0.717, 1.165) is 36.6 Å². The summed E-state index contributed by atoms with van der Waals surface area (Å²) >= 11 is 1.31. The summed E-state index contributed by atoms with van der Waals surface area (Å²) < 4.78 is 43.8. The van der Waals surface area contributed by atoms with Crippen molar-refractivity contribution >= 4 is 23.1 Å². The van der Waals surface area contributed by atoms with Crippen LogP contribution in [0.3, 0.4) is 0 Å². The van der Waals surface area contributed by atoms with Crippen LogP contribution in [0, 0.1) is 0 Å². The maximum atomic E-state index is 12.8. The molecule has 2 aromatic heterocycles. The standard InChI is InChI=1S/C21H19F3N4O2S/c22-21(23,24)16-3-1-2-14(10-16)11-26-19(29)17-13-31-20(27-17)15-4-5-18(25-12-15)28-6-8-30-9-7-28/h1-5,10,12-13H,6-9,11H2,(H,26,29). The van der Waals surface area contributed by atoms with Gasteiger partial charge in [-0.3, -0.25) is 4.79 Å². The smallest absolute Gasteiger partial charge is 0.378 e. The predicted octanol–water partition coefficient (Wildman–Crippen LogP) is 3.99. The Morgan fingerprint density at radius 2 is 2.00 bits per heavy atom. The van der Waals surface area contributed by atoms with Crippen molar-refractivity contribution in [3.05, 3.63) is 64.8 Å². The molecule has 0 spiro atoms. The van der Waals surface area contributed by atoms with E-state index in [1.165, 1.54) is 23.5 Å². The number of morpholine rings is 1. The number of hydrogen-bond donors (Lipinski definition) is 1. The molecule has 0 aliphatic carbocycles. The Morgan fingerprint density at radius 1 is 1.19 bits per heavy atom. The molecule has 3 heterocycles. The summed E-state index contributed by atoms with van der Waals surface area (Å²) in [6.45, 7) is 2.91. The molecule has 6 nitrogen and oxygen atoms in total. The van der Waals surface area contributed by atoms with Crippen molar-refractivity contribution in [1.29, 1.82) is 0 Å². The Labute approximate surface area is 180 Å². The molecule has 1 saturated heterocycles. The summed E-state index contributed by atoms with van der Waals surface area (Å²) in [5, 5.41) is 4.88. The highest BCUT2D eigenvalue weighted by Crippen LogP contribution is 2.29. The first-order valence-electron chi connectivity index (χ1n) is 9.59. The van der Waals surface area contributed by atoms with Crippen LogP contribution in [0.5, 0.6) is 0 Å². The van der Waals surface area contributed by atoms with Crippen molar-refractivity contribution in [1.82, 2.24) is 15.3 Å². The van der Waals surface area contributed by atoms with E-state index in [2.05, 4.69) is 20.2 Å². The lowest BCUT2D eigenvalue weighted by Gasteiger charge is -2.27. The van der Waals surface area contributed by atoms with Crippen molar-refractivity contribution in [2.75, 3.05) is 31.2 Å². The summed E-state index contributed by atoms with van der Waals surface area (Å²) in [7, 11) is 0. The van der Waals surface area contributed by atoms with Gasteiger partial charge in [-0.2, -0.15) is 13.2 Å². The van der Waals surface area contributed by atoms with Gasteiger partial charge in [0, 0.05) is 36.8 Å². The lowest BCUT2D eigenvalue weighted by Crippen LogP contribution is -2.36. The second-order valence-corrected chi connectivity index (χ2v) is 7.78. The average molecular weight is 448 g/mol. The van der Waals surface area contributed by atoms with Crippen LogP contribution in [-0.4, -0.2) is 42.2 Å². The first kappa shape index (κ1) is 21.3. The van der Waals surface area contributed by atoms with Crippen LogP contribution >= 0.6 is 11.3 Å². The molecule has 0 atom stereocenters. The van der Waals surface area contributed by atoms with Crippen LogP contribution in [0.2, 0.25) is 0 Å². The molecule has 1 N–H and O–H groups in total. The number of amides is 1. The number of thiazole rings is 1. The van der Waals surface area contributed by atoms with Gasteiger partial charge in [0.05, 0.1) is 18.8 Å². The molecule has 1 aliphatic rings. The van der Waals surface area contributed by atoms with Crippen LogP contribution in [-0.2, 0) is 17.5 Å². The van der Waals surface area contributed by atoms with Crippen LogP contribution in [0.4, 0.5) is 19.0 Å². The van der Waals surface area contributed by atoms with Gasteiger partial charge in [0.25, 0.3) is 5.91 Å². The number of rotatable bonds is 5. The molecule has 1 fully saturated rings. The third kappa shape index (κ3) is 5.20. The van der Waals surface area contributed by atoms with E-state index in [1.807, 2.05) is 12.1 Å². The van der Waals surface area contributed by atoms with Gasteiger partial charge < -0.3 is 15.0 Å². The molecule has 1 aromatic carbocycles. The van der Waals surface area contributed by atoms with Crippen molar-refractivity contribution in [3.8, 4) is 10.6 Å². The van der Waals surface area contributed by atoms with Crippen molar-refractivity contribution in [2.24, 2.45) is 0 Å². The van der Waals surface area contributed by atoms with Gasteiger partial charge in [-0.25, -0.2) is 9.97 Å². The number of nitrogens with zero attached hydrogens (tertiary/aromatic N) is 3. The minimum absolute atomic E-state index is 0.0224. The SMILES string of the molecule is O=C(NCc1cccc(C(F)(F)F)c1)c1csc(-c2ccc(N3CCOCC3)nc2)n1. The van der Waals surface area contributed by atoms with Crippen LogP contribution in [0.25, 0.3) is 10.6 Å². The molecule has 4 rings (SSSR count). The number of pyridine rings is 1. The fourth-order valence-corrected chi connectivity index (χ4v) is 3.92. The maximum absolute atomic E-state index is 12.8. The number of carbonyl (C=O) groups excluding carboxylic acids is 1. The van der Waals surface area contributed by atoms with Gasteiger partial charge in [0.1, 0.15) is 16.5 Å². The number of hydrogen-bond acceptors (Lipinski definition) is 6. The van der Waals surface area contributed by atoms with Crippen LogP contribution < -0.4 is 10.2 Å². The lowest BCUT2D eigenvalue weighted by molar-refractivity contribution is -0.137. The number of ether oxygens (including phenoxy) is 1. The second kappa shape index (κ2) is 9.03. The Balaban J connectivity index is 1.38. The number of anilines is 1. The lowest BCUT2D eigenvalue weighted by atomic mass is 10.1. The fourth-order valence-electron chi connectivity index (χ4n) is 3.13. The van der Waals surface area contributed by atoms with Gasteiger partial charge in [-0.05, 0) is 29.8 Å². The Bertz CT molecular complexity index is 1050. The number of halogens is 3. The van der Waals surface area contributed by atoms with Crippen molar-refractivity contribution in [2.45, 2.75) is 12.7 Å². The number of nitrogens with one attached hydrogen (secondary N) is 1. The van der Waals surface area contributed by atoms with Gasteiger partial charge >= 0.3 is 6.18 Å². The quantitative estimate of drug-likeness (QED) is 0.639. The number of carbonyl (C=O) groups is 1. The molecule has 10 heteroatoms. The minimum atomic E-state index is -4.42. The predicted molar refractivity (Wildman–Crippen MR) is 111 cm³/mol. The molecule has 0 radical (unpaired) electrons. The summed E-state index contributed by atoms with van der Waals surface area (Å²) in [4.78, 5) is 23.3. The highest BCUT2D eigenvalue weighted by Gasteiger charge is 2.30. The highest BCUT2D eigenvalue weighted by atomic mass is 32.1. The molecule has 1 amide bonds. The van der Waals surface area contributed by atoms with Gasteiger partial charge in [0.15, 0.2) is 0 Å². The molecule has 31 heavy (non-hydrogen) atoms. The topological polar surface area (TPSA) is 67.4 Å². The molecular formula is C21H19F3N4O2S. The zero-order valence-corrected chi connectivity index (χ0v) is 17.2. The summed E-state index contributed by atoms with van der Waals surface area (Å²) in [5.41, 5.74) is 0.618. The van der Waals surface area contributed by atoms with Crippen LogP contribution in [0.15, 0.2) is 48.0 Å². The van der Waals surface area contributed by atoms with Gasteiger partial charge in [-0.1, -0.05) is 12.1 Å². The van der Waals surface area contributed by atoms with Crippen LogP contribution in [0.1, 0.15) is 21.6 Å². The Morgan fingerprint density at radius 3 is 2.71 bits per heavy atom. The van der Waals surface area contributed by atoms with Gasteiger partial charge in [-0.15, -0.1) is 11.3 Å². The van der Waals surface area contributed by atoms with E-state index in [4.69, 9.17) is 4.74 Å². The Kier molecular flexibility index (Phi) is 6.19. The molecular weight excluding hydrogens is 429 g/mol. The monoisotopic (exact) mass is 448 g/mol. The second-order valence-electron chi connectivity index (χ2n) is 6.92. The summed E-state index contributed by atoms with van der Waals surface area (Å²) in [5.74, 6) is 0.417. The zero-order valence-electron chi connectivity index (χ0n) is 16.4.